The zero-order valence-corrected chi connectivity index (χ0v) is 32.4. The number of hydrogen-bond acceptors (Lipinski definition) is 4. The molecule has 3 heterocycles. The molecule has 0 aliphatic carbocycles. The monoisotopic (exact) mass is 754 g/mol. The highest BCUT2D eigenvalue weighted by atomic mass is 15.2. The Bertz CT molecular complexity index is 2880. The summed E-state index contributed by atoms with van der Waals surface area (Å²) in [5.74, 6) is 0. The number of para-hydroxylation sites is 2. The molecule has 0 saturated heterocycles. The van der Waals surface area contributed by atoms with Gasteiger partial charge < -0.3 is 14.7 Å². The van der Waals surface area contributed by atoms with Gasteiger partial charge in [-0.15, -0.1) is 0 Å². The van der Waals surface area contributed by atoms with Crippen molar-refractivity contribution in [2.45, 2.75) is 6.54 Å². The van der Waals surface area contributed by atoms with Crippen LogP contribution in [0.2, 0.25) is 0 Å². The minimum atomic E-state index is 0.0126. The number of pyridine rings is 1. The molecule has 0 N–H and O–H groups in total. The van der Waals surface area contributed by atoms with E-state index in [2.05, 4.69) is 232 Å². The molecule has 8 aromatic carbocycles. The second kappa shape index (κ2) is 14.7. The molecule has 278 valence electrons. The number of rotatable bonds is 8. The van der Waals surface area contributed by atoms with E-state index in [0.29, 0.717) is 0 Å². The van der Waals surface area contributed by atoms with Crippen molar-refractivity contribution in [3.05, 3.63) is 230 Å². The highest BCUT2D eigenvalue weighted by molar-refractivity contribution is 7.00. The third-order valence-corrected chi connectivity index (χ3v) is 11.8. The lowest BCUT2D eigenvalue weighted by Gasteiger charge is -2.44. The lowest BCUT2D eigenvalue weighted by molar-refractivity contribution is 0.979. The summed E-state index contributed by atoms with van der Waals surface area (Å²) >= 11 is 0. The van der Waals surface area contributed by atoms with Crippen molar-refractivity contribution < 1.29 is 0 Å². The van der Waals surface area contributed by atoms with Crippen LogP contribution in [0.25, 0.3) is 22.3 Å². The van der Waals surface area contributed by atoms with Gasteiger partial charge in [-0.1, -0.05) is 133 Å². The van der Waals surface area contributed by atoms with Crippen LogP contribution in [0.3, 0.4) is 0 Å². The molecule has 11 rings (SSSR count). The molecule has 5 heteroatoms. The Morgan fingerprint density at radius 1 is 0.407 bits per heavy atom. The molecule has 59 heavy (non-hydrogen) atoms. The molecule has 2 aliphatic heterocycles. The molecule has 0 saturated carbocycles. The highest BCUT2D eigenvalue weighted by Gasteiger charge is 2.43. The maximum atomic E-state index is 4.31. The summed E-state index contributed by atoms with van der Waals surface area (Å²) in [7, 11) is 0. The van der Waals surface area contributed by atoms with Crippen LogP contribution < -0.4 is 31.1 Å². The Labute approximate surface area is 346 Å². The van der Waals surface area contributed by atoms with Gasteiger partial charge in [-0.25, -0.2) is 0 Å². The Morgan fingerprint density at radius 3 is 1.71 bits per heavy atom. The Hall–Kier alpha value is -7.63. The summed E-state index contributed by atoms with van der Waals surface area (Å²) in [6.45, 7) is 0.764. The lowest BCUT2D eigenvalue weighted by atomic mass is 9.33. The van der Waals surface area contributed by atoms with Gasteiger partial charge in [0.25, 0.3) is 6.71 Å². The summed E-state index contributed by atoms with van der Waals surface area (Å²) in [6, 6.07) is 77.2. The average molecular weight is 755 g/mol. The van der Waals surface area contributed by atoms with E-state index < -0.39 is 0 Å². The van der Waals surface area contributed by atoms with Crippen LogP contribution in [0.5, 0.6) is 0 Å². The molecule has 0 atom stereocenters. The topological polar surface area (TPSA) is 22.6 Å². The van der Waals surface area contributed by atoms with Crippen molar-refractivity contribution in [3.63, 3.8) is 0 Å². The van der Waals surface area contributed by atoms with Crippen molar-refractivity contribution >= 4 is 68.6 Å². The van der Waals surface area contributed by atoms with Crippen LogP contribution in [0.1, 0.15) is 5.56 Å². The fourth-order valence-electron chi connectivity index (χ4n) is 9.13. The van der Waals surface area contributed by atoms with E-state index in [1.165, 1.54) is 50.1 Å². The van der Waals surface area contributed by atoms with Gasteiger partial charge in [-0.3, -0.25) is 4.98 Å². The fraction of sp³-hybridized carbons (Fsp3) is 0.0185. The van der Waals surface area contributed by atoms with Gasteiger partial charge in [0.05, 0.1) is 0 Å². The largest absolute Gasteiger partial charge is 0.338 e. The van der Waals surface area contributed by atoms with E-state index in [9.17, 15) is 0 Å². The number of benzene rings is 8. The van der Waals surface area contributed by atoms with Crippen LogP contribution in [0, 0.1) is 0 Å². The van der Waals surface area contributed by atoms with E-state index in [0.717, 1.165) is 46.1 Å². The Balaban J connectivity index is 1.17. The first-order valence-corrected chi connectivity index (χ1v) is 20.3. The van der Waals surface area contributed by atoms with Crippen molar-refractivity contribution in [2.24, 2.45) is 0 Å². The van der Waals surface area contributed by atoms with Crippen molar-refractivity contribution in [1.29, 1.82) is 0 Å². The number of fused-ring (bicyclic) bond motifs is 4. The standard InChI is InChI=1S/C54H39BN4/c1-5-15-39(16-6-1)38-57-50-25-14-26-51-54(50)55(48-29-27-43(36-52(48)57)40-17-7-2-8-18-40)49-30-28-47(58(44-20-9-3-10-21-44)45-22-11-4-12-23-45)37-53(49)59(51)46-24-13-19-42(35-46)41-31-33-56-34-32-41/h1-37H,38H2. The normalized spacial score (nSPS) is 12.4. The highest BCUT2D eigenvalue weighted by Crippen LogP contribution is 2.45. The fourth-order valence-corrected chi connectivity index (χ4v) is 9.13. The van der Waals surface area contributed by atoms with Crippen LogP contribution in [-0.4, -0.2) is 11.7 Å². The summed E-state index contributed by atoms with van der Waals surface area (Å²) in [5, 5.41) is 0. The molecule has 0 unspecified atom stereocenters. The van der Waals surface area contributed by atoms with Crippen LogP contribution in [0.4, 0.5) is 45.5 Å². The molecule has 9 aromatic rings. The van der Waals surface area contributed by atoms with Gasteiger partial charge >= 0.3 is 0 Å². The number of anilines is 8. The van der Waals surface area contributed by atoms with Crippen LogP contribution >= 0.6 is 0 Å². The summed E-state index contributed by atoms with van der Waals surface area (Å²) < 4.78 is 0. The van der Waals surface area contributed by atoms with Gasteiger partial charge in [0, 0.05) is 64.4 Å². The first-order valence-electron chi connectivity index (χ1n) is 20.3. The van der Waals surface area contributed by atoms with Gasteiger partial charge in [0.2, 0.25) is 0 Å². The van der Waals surface area contributed by atoms with E-state index in [1.54, 1.807) is 0 Å². The zero-order valence-electron chi connectivity index (χ0n) is 32.4. The van der Waals surface area contributed by atoms with Gasteiger partial charge in [0.1, 0.15) is 0 Å². The van der Waals surface area contributed by atoms with Crippen molar-refractivity contribution in [2.75, 3.05) is 14.7 Å². The molecular weight excluding hydrogens is 715 g/mol. The zero-order chi connectivity index (χ0) is 39.1. The smallest absolute Gasteiger partial charge is 0.252 e. The minimum Gasteiger partial charge on any atom is -0.338 e. The third-order valence-electron chi connectivity index (χ3n) is 11.8. The van der Waals surface area contributed by atoms with Crippen LogP contribution in [-0.2, 0) is 6.54 Å². The van der Waals surface area contributed by atoms with E-state index in [-0.39, 0.29) is 6.71 Å². The van der Waals surface area contributed by atoms with Crippen molar-refractivity contribution in [1.82, 2.24) is 4.98 Å². The maximum Gasteiger partial charge on any atom is 0.252 e. The molecule has 1 aromatic heterocycles. The maximum absolute atomic E-state index is 4.31. The van der Waals surface area contributed by atoms with Gasteiger partial charge in [-0.05, 0) is 123 Å². The molecule has 0 fully saturated rings. The third kappa shape index (κ3) is 6.16. The van der Waals surface area contributed by atoms with Crippen LogP contribution in [0.15, 0.2) is 225 Å². The quantitative estimate of drug-likeness (QED) is 0.144. The van der Waals surface area contributed by atoms with E-state index in [1.807, 2.05) is 12.4 Å². The summed E-state index contributed by atoms with van der Waals surface area (Å²) in [5.41, 5.74) is 19.1. The average Bonchev–Trinajstić information content (AvgIpc) is 3.31. The van der Waals surface area contributed by atoms with Gasteiger partial charge in [-0.2, -0.15) is 0 Å². The number of aromatic nitrogens is 1. The molecule has 4 nitrogen and oxygen atoms in total. The minimum absolute atomic E-state index is 0.0126. The van der Waals surface area contributed by atoms with Gasteiger partial charge in [0.15, 0.2) is 0 Å². The molecule has 0 amide bonds. The lowest BCUT2D eigenvalue weighted by Crippen LogP contribution is -2.61. The Morgan fingerprint density at radius 2 is 0.983 bits per heavy atom. The van der Waals surface area contributed by atoms with E-state index >= 15 is 0 Å². The van der Waals surface area contributed by atoms with Crippen molar-refractivity contribution in [3.8, 4) is 22.3 Å². The molecule has 0 radical (unpaired) electrons. The molecule has 0 bridgehead atoms. The van der Waals surface area contributed by atoms with E-state index in [4.69, 9.17) is 0 Å². The molecular formula is C54H39BN4. The second-order valence-corrected chi connectivity index (χ2v) is 15.2. The first-order chi connectivity index (χ1) is 29.3. The predicted molar refractivity (Wildman–Crippen MR) is 248 cm³/mol. The summed E-state index contributed by atoms with van der Waals surface area (Å²) in [4.78, 5) is 11.7. The molecule has 0 spiro atoms. The summed E-state index contributed by atoms with van der Waals surface area (Å²) in [6.07, 6.45) is 3.73. The number of nitrogens with zero attached hydrogens (tertiary/aromatic N) is 4. The molecule has 2 aliphatic rings. The second-order valence-electron chi connectivity index (χ2n) is 15.2. The number of hydrogen-bond donors (Lipinski definition) is 0. The first kappa shape index (κ1) is 34.6. The predicted octanol–water partition coefficient (Wildman–Crippen LogP) is 11.8. The Kier molecular flexibility index (Phi) is 8.63. The SMILES string of the molecule is c1ccc(CN2c3cc(-c4ccccc4)ccc3B3c4ccc(N(c5ccccc5)c5ccccc5)cc4N(c4cccc(-c5ccncc5)c4)c4cccc2c43)cc1.